The van der Waals surface area contributed by atoms with Gasteiger partial charge in [-0.2, -0.15) is 0 Å². The van der Waals surface area contributed by atoms with Crippen molar-refractivity contribution in [2.24, 2.45) is 5.73 Å². The minimum Gasteiger partial charge on any atom is -0.494 e. The third-order valence-electron chi connectivity index (χ3n) is 2.69. The summed E-state index contributed by atoms with van der Waals surface area (Å²) in [6.07, 6.45) is 0. The Balaban J connectivity index is 2.42. The van der Waals surface area contributed by atoms with Gasteiger partial charge in [-0.15, -0.1) is 21.8 Å². The largest absolute Gasteiger partial charge is 0.494 e. The Hall–Kier alpha value is -1.59. The highest BCUT2D eigenvalue weighted by molar-refractivity contribution is 6.16. The topological polar surface area (TPSA) is 66.0 Å². The van der Waals surface area contributed by atoms with Crippen LogP contribution in [0.4, 0.5) is 0 Å². The maximum absolute atomic E-state index is 5.91. The van der Waals surface area contributed by atoms with E-state index in [0.29, 0.717) is 18.3 Å². The van der Waals surface area contributed by atoms with E-state index in [-0.39, 0.29) is 11.9 Å². The Morgan fingerprint density at radius 2 is 2.00 bits per heavy atom. The molecule has 0 saturated heterocycles. The Bertz CT molecular complexity index is 536. The molecule has 6 heteroatoms. The fourth-order valence-electron chi connectivity index (χ4n) is 1.85. The van der Waals surface area contributed by atoms with Crippen LogP contribution in [0.5, 0.6) is 5.75 Å². The number of aromatic nitrogens is 3. The van der Waals surface area contributed by atoms with E-state index < -0.39 is 0 Å². The summed E-state index contributed by atoms with van der Waals surface area (Å²) in [7, 11) is 0. The zero-order valence-corrected chi connectivity index (χ0v) is 11.8. The van der Waals surface area contributed by atoms with Gasteiger partial charge >= 0.3 is 0 Å². The normalized spacial score (nSPS) is 12.4. The molecule has 0 spiro atoms. The van der Waals surface area contributed by atoms with Crippen molar-refractivity contribution in [1.29, 1.82) is 0 Å². The van der Waals surface area contributed by atoms with Crippen LogP contribution in [-0.2, 0) is 5.88 Å². The van der Waals surface area contributed by atoms with E-state index in [2.05, 4.69) is 10.2 Å². The molecule has 0 amide bonds. The van der Waals surface area contributed by atoms with Crippen molar-refractivity contribution >= 4 is 11.6 Å². The van der Waals surface area contributed by atoms with Crippen molar-refractivity contribution in [2.75, 3.05) is 6.61 Å². The number of nitrogens with two attached hydrogens (primary N) is 1. The number of rotatable bonds is 5. The van der Waals surface area contributed by atoms with E-state index in [4.69, 9.17) is 22.1 Å². The Labute approximate surface area is 117 Å². The van der Waals surface area contributed by atoms with Gasteiger partial charge in [-0.25, -0.2) is 0 Å². The molecular formula is C13H17ClN4O. The van der Waals surface area contributed by atoms with Crippen LogP contribution in [0.1, 0.15) is 31.5 Å². The molecule has 1 aromatic carbocycles. The molecule has 5 nitrogen and oxygen atoms in total. The second-order valence-electron chi connectivity index (χ2n) is 4.16. The minimum atomic E-state index is -0.212. The monoisotopic (exact) mass is 280 g/mol. The molecule has 1 atom stereocenters. The van der Waals surface area contributed by atoms with E-state index in [1.165, 1.54) is 0 Å². The van der Waals surface area contributed by atoms with Crippen molar-refractivity contribution in [3.8, 4) is 11.4 Å². The lowest BCUT2D eigenvalue weighted by atomic mass is 10.2. The van der Waals surface area contributed by atoms with Gasteiger partial charge in [0.05, 0.1) is 18.5 Å². The highest BCUT2D eigenvalue weighted by atomic mass is 35.5. The summed E-state index contributed by atoms with van der Waals surface area (Å²) in [5, 5.41) is 8.15. The van der Waals surface area contributed by atoms with Gasteiger partial charge in [-0.3, -0.25) is 4.57 Å². The van der Waals surface area contributed by atoms with E-state index in [1.54, 1.807) is 0 Å². The van der Waals surface area contributed by atoms with Crippen LogP contribution in [0.25, 0.3) is 5.69 Å². The van der Waals surface area contributed by atoms with Crippen LogP contribution in [0.3, 0.4) is 0 Å². The fraction of sp³-hybridized carbons (Fsp3) is 0.385. The van der Waals surface area contributed by atoms with Gasteiger partial charge in [0, 0.05) is 5.69 Å². The zero-order valence-electron chi connectivity index (χ0n) is 11.0. The van der Waals surface area contributed by atoms with Crippen molar-refractivity contribution < 1.29 is 4.74 Å². The summed E-state index contributed by atoms with van der Waals surface area (Å²) in [6.45, 7) is 4.46. The third-order valence-corrected chi connectivity index (χ3v) is 2.93. The molecule has 0 radical (unpaired) electrons. The first kappa shape index (κ1) is 13.8. The third kappa shape index (κ3) is 2.88. The SMILES string of the molecule is CCOc1ccc(-n2c(CCl)nnc2C(C)N)cc1. The van der Waals surface area contributed by atoms with E-state index in [1.807, 2.05) is 42.7 Å². The van der Waals surface area contributed by atoms with Crippen LogP contribution in [0.15, 0.2) is 24.3 Å². The van der Waals surface area contributed by atoms with Crippen molar-refractivity contribution in [2.45, 2.75) is 25.8 Å². The number of alkyl halides is 1. The van der Waals surface area contributed by atoms with Crippen LogP contribution >= 0.6 is 11.6 Å². The number of hydrogen-bond acceptors (Lipinski definition) is 4. The highest BCUT2D eigenvalue weighted by Gasteiger charge is 2.15. The standard InChI is InChI=1S/C13H17ClN4O/c1-3-19-11-6-4-10(5-7-11)18-12(8-14)16-17-13(18)9(2)15/h4-7,9H,3,8,15H2,1-2H3. The van der Waals surface area contributed by atoms with Gasteiger partial charge < -0.3 is 10.5 Å². The van der Waals surface area contributed by atoms with Gasteiger partial charge in [0.25, 0.3) is 0 Å². The summed E-state index contributed by atoms with van der Waals surface area (Å²) < 4.78 is 7.30. The molecule has 0 saturated carbocycles. The molecule has 1 heterocycles. The van der Waals surface area contributed by atoms with Crippen LogP contribution < -0.4 is 10.5 Å². The molecule has 2 rings (SSSR count). The summed E-state index contributed by atoms with van der Waals surface area (Å²) in [5.41, 5.74) is 6.83. The molecule has 19 heavy (non-hydrogen) atoms. The van der Waals surface area contributed by atoms with Gasteiger partial charge in [0.15, 0.2) is 11.6 Å². The predicted octanol–water partition coefficient (Wildman–Crippen LogP) is 2.42. The lowest BCUT2D eigenvalue weighted by molar-refractivity contribution is 0.340. The van der Waals surface area contributed by atoms with Crippen molar-refractivity contribution in [1.82, 2.24) is 14.8 Å². The van der Waals surface area contributed by atoms with Crippen LogP contribution in [0.2, 0.25) is 0 Å². The molecule has 1 unspecified atom stereocenters. The molecule has 0 bridgehead atoms. The fourth-order valence-corrected chi connectivity index (χ4v) is 2.02. The lowest BCUT2D eigenvalue weighted by Gasteiger charge is -2.12. The second kappa shape index (κ2) is 6.04. The van der Waals surface area contributed by atoms with Crippen molar-refractivity contribution in [3.05, 3.63) is 35.9 Å². The van der Waals surface area contributed by atoms with Gasteiger partial charge in [-0.1, -0.05) is 0 Å². The van der Waals surface area contributed by atoms with Gasteiger partial charge in [0.2, 0.25) is 0 Å². The molecule has 1 aromatic heterocycles. The first-order chi connectivity index (χ1) is 9.17. The molecule has 102 valence electrons. The van der Waals surface area contributed by atoms with E-state index >= 15 is 0 Å². The Kier molecular flexibility index (Phi) is 4.39. The number of ether oxygens (including phenoxy) is 1. The maximum Gasteiger partial charge on any atom is 0.154 e. The predicted molar refractivity (Wildman–Crippen MR) is 74.7 cm³/mol. The van der Waals surface area contributed by atoms with Gasteiger partial charge in [-0.05, 0) is 38.1 Å². The van der Waals surface area contributed by atoms with Crippen molar-refractivity contribution in [3.63, 3.8) is 0 Å². The first-order valence-electron chi connectivity index (χ1n) is 6.16. The number of halogens is 1. The molecule has 2 aromatic rings. The molecular weight excluding hydrogens is 264 g/mol. The molecule has 0 aliphatic carbocycles. The van der Waals surface area contributed by atoms with E-state index in [9.17, 15) is 0 Å². The maximum atomic E-state index is 5.91. The molecule has 2 N–H and O–H groups in total. The number of benzene rings is 1. The number of nitrogens with zero attached hydrogens (tertiary/aromatic N) is 3. The van der Waals surface area contributed by atoms with E-state index in [0.717, 1.165) is 11.4 Å². The molecule has 0 fully saturated rings. The average molecular weight is 281 g/mol. The number of hydrogen-bond donors (Lipinski definition) is 1. The summed E-state index contributed by atoms with van der Waals surface area (Å²) in [4.78, 5) is 0. The Morgan fingerprint density at radius 3 is 2.53 bits per heavy atom. The summed E-state index contributed by atoms with van der Waals surface area (Å²) >= 11 is 5.89. The first-order valence-corrected chi connectivity index (χ1v) is 6.69. The van der Waals surface area contributed by atoms with Crippen LogP contribution in [0, 0.1) is 0 Å². The summed E-state index contributed by atoms with van der Waals surface area (Å²) in [5.74, 6) is 2.49. The second-order valence-corrected chi connectivity index (χ2v) is 4.43. The van der Waals surface area contributed by atoms with Crippen LogP contribution in [-0.4, -0.2) is 21.4 Å². The lowest BCUT2D eigenvalue weighted by Crippen LogP contribution is -2.13. The summed E-state index contributed by atoms with van der Waals surface area (Å²) in [6, 6.07) is 7.48. The highest BCUT2D eigenvalue weighted by Crippen LogP contribution is 2.21. The average Bonchev–Trinajstić information content (AvgIpc) is 2.84. The van der Waals surface area contributed by atoms with Gasteiger partial charge in [0.1, 0.15) is 5.75 Å². The minimum absolute atomic E-state index is 0.212. The zero-order chi connectivity index (χ0) is 13.8. The smallest absolute Gasteiger partial charge is 0.154 e. The Morgan fingerprint density at radius 1 is 1.32 bits per heavy atom. The quantitative estimate of drug-likeness (QED) is 0.854. The molecule has 0 aliphatic rings. The molecule has 0 aliphatic heterocycles.